The number of likely N-dealkylation sites (tertiary alicyclic amines) is 1. The summed E-state index contributed by atoms with van der Waals surface area (Å²) in [5, 5.41) is 14.2. The van der Waals surface area contributed by atoms with Crippen LogP contribution in [-0.2, 0) is 6.54 Å². The average molecular weight is 261 g/mol. The van der Waals surface area contributed by atoms with Gasteiger partial charge in [-0.3, -0.25) is 15.0 Å². The second-order valence-corrected chi connectivity index (χ2v) is 5.68. The van der Waals surface area contributed by atoms with Gasteiger partial charge in [-0.25, -0.2) is 0 Å². The molecule has 5 heteroatoms. The summed E-state index contributed by atoms with van der Waals surface area (Å²) in [7, 11) is 0. The molecule has 5 nitrogen and oxygen atoms in total. The predicted molar refractivity (Wildman–Crippen MR) is 72.8 cm³/mol. The number of hydrogen-bond acceptors (Lipinski definition) is 4. The molecule has 3 rings (SSSR count). The van der Waals surface area contributed by atoms with Gasteiger partial charge in [-0.05, 0) is 37.4 Å². The van der Waals surface area contributed by atoms with Gasteiger partial charge in [0.05, 0.1) is 4.92 Å². The summed E-state index contributed by atoms with van der Waals surface area (Å²) in [5.41, 5.74) is 1.22. The molecular formula is C14H19N3O2. The zero-order valence-electron chi connectivity index (χ0n) is 11.1. The Kier molecular flexibility index (Phi) is 3.24. The maximum Gasteiger partial charge on any atom is 0.269 e. The van der Waals surface area contributed by atoms with Crippen molar-refractivity contribution in [3.05, 3.63) is 39.9 Å². The Labute approximate surface area is 112 Å². The molecule has 1 aromatic carbocycles. The normalized spacial score (nSPS) is 30.5. The fraction of sp³-hybridized carbons (Fsp3) is 0.571. The van der Waals surface area contributed by atoms with Crippen molar-refractivity contribution >= 4 is 5.69 Å². The lowest BCUT2D eigenvalue weighted by atomic mass is 9.95. The summed E-state index contributed by atoms with van der Waals surface area (Å²) in [5.74, 6) is 1.48. The third-order valence-electron chi connectivity index (χ3n) is 4.56. The molecule has 3 unspecified atom stereocenters. The highest BCUT2D eigenvalue weighted by atomic mass is 16.6. The zero-order chi connectivity index (χ0) is 13.4. The highest BCUT2D eigenvalue weighted by molar-refractivity contribution is 5.34. The Morgan fingerprint density at radius 3 is 3.05 bits per heavy atom. The fourth-order valence-electron chi connectivity index (χ4n) is 3.47. The fourth-order valence-corrected chi connectivity index (χ4v) is 3.47. The van der Waals surface area contributed by atoms with Crippen LogP contribution >= 0.6 is 0 Å². The van der Waals surface area contributed by atoms with Crippen LogP contribution < -0.4 is 5.32 Å². The molecular weight excluding hydrogens is 242 g/mol. The standard InChI is InChI=1S/C14H19N3O2/c1-10-14-7-15-6-12(14)9-16(10)8-11-3-2-4-13(5-11)17(18)19/h2-5,10,12,14-15H,6-9H2,1H3. The molecule has 3 atom stereocenters. The molecule has 19 heavy (non-hydrogen) atoms. The first kappa shape index (κ1) is 12.6. The van der Waals surface area contributed by atoms with Crippen LogP contribution in [0.1, 0.15) is 12.5 Å². The number of non-ortho nitro benzene ring substituents is 1. The van der Waals surface area contributed by atoms with Crippen molar-refractivity contribution in [1.82, 2.24) is 10.2 Å². The highest BCUT2D eigenvalue weighted by Crippen LogP contribution is 2.33. The topological polar surface area (TPSA) is 58.4 Å². The highest BCUT2D eigenvalue weighted by Gasteiger charge is 2.41. The Bertz CT molecular complexity index is 491. The minimum Gasteiger partial charge on any atom is -0.316 e. The number of rotatable bonds is 3. The third-order valence-corrected chi connectivity index (χ3v) is 4.56. The number of fused-ring (bicyclic) bond motifs is 1. The molecule has 0 saturated carbocycles. The van der Waals surface area contributed by atoms with E-state index >= 15 is 0 Å². The molecule has 1 aromatic rings. The molecule has 102 valence electrons. The number of nitrogens with zero attached hydrogens (tertiary/aromatic N) is 2. The second kappa shape index (κ2) is 4.90. The van der Waals surface area contributed by atoms with Gasteiger partial charge in [0.2, 0.25) is 0 Å². The number of nitro groups is 1. The van der Waals surface area contributed by atoms with E-state index in [9.17, 15) is 10.1 Å². The van der Waals surface area contributed by atoms with Gasteiger partial charge in [0.15, 0.2) is 0 Å². The summed E-state index contributed by atoms with van der Waals surface area (Å²) in [6.07, 6.45) is 0. The Balaban J connectivity index is 1.72. The van der Waals surface area contributed by atoms with Gasteiger partial charge in [0.1, 0.15) is 0 Å². The molecule has 0 radical (unpaired) electrons. The monoisotopic (exact) mass is 261 g/mol. The van der Waals surface area contributed by atoms with E-state index in [0.717, 1.165) is 43.6 Å². The molecule has 2 fully saturated rings. The smallest absolute Gasteiger partial charge is 0.269 e. The van der Waals surface area contributed by atoms with E-state index in [2.05, 4.69) is 17.1 Å². The SMILES string of the molecule is CC1C2CNCC2CN1Cc1cccc([N+](=O)[O-])c1. The molecule has 2 aliphatic heterocycles. The van der Waals surface area contributed by atoms with Crippen LogP contribution in [0.25, 0.3) is 0 Å². The summed E-state index contributed by atoms with van der Waals surface area (Å²) >= 11 is 0. The molecule has 0 bridgehead atoms. The summed E-state index contributed by atoms with van der Waals surface area (Å²) in [6, 6.07) is 7.55. The van der Waals surface area contributed by atoms with Crippen molar-refractivity contribution in [2.24, 2.45) is 11.8 Å². The minimum absolute atomic E-state index is 0.186. The van der Waals surface area contributed by atoms with Crippen molar-refractivity contribution in [2.45, 2.75) is 19.5 Å². The van der Waals surface area contributed by atoms with Crippen LogP contribution in [0.4, 0.5) is 5.69 Å². The van der Waals surface area contributed by atoms with Gasteiger partial charge in [-0.1, -0.05) is 12.1 Å². The van der Waals surface area contributed by atoms with E-state index in [4.69, 9.17) is 0 Å². The van der Waals surface area contributed by atoms with E-state index < -0.39 is 0 Å². The second-order valence-electron chi connectivity index (χ2n) is 5.68. The molecule has 2 aliphatic rings. The Morgan fingerprint density at radius 2 is 2.32 bits per heavy atom. The average Bonchev–Trinajstić information content (AvgIpc) is 2.95. The van der Waals surface area contributed by atoms with E-state index in [-0.39, 0.29) is 10.6 Å². The van der Waals surface area contributed by atoms with E-state index in [1.54, 1.807) is 18.2 Å². The predicted octanol–water partition coefficient (Wildman–Crippen LogP) is 1.63. The zero-order valence-corrected chi connectivity index (χ0v) is 11.1. The number of nitrogens with one attached hydrogen (secondary N) is 1. The Morgan fingerprint density at radius 1 is 1.47 bits per heavy atom. The summed E-state index contributed by atoms with van der Waals surface area (Å²) in [4.78, 5) is 12.9. The van der Waals surface area contributed by atoms with Gasteiger partial charge >= 0.3 is 0 Å². The molecule has 2 saturated heterocycles. The van der Waals surface area contributed by atoms with E-state index in [0.29, 0.717) is 6.04 Å². The van der Waals surface area contributed by atoms with Crippen LogP contribution in [0.15, 0.2) is 24.3 Å². The summed E-state index contributed by atoms with van der Waals surface area (Å²) < 4.78 is 0. The van der Waals surface area contributed by atoms with Gasteiger partial charge in [0.25, 0.3) is 5.69 Å². The molecule has 0 amide bonds. The first-order chi connectivity index (χ1) is 9.15. The van der Waals surface area contributed by atoms with Crippen molar-refractivity contribution in [3.8, 4) is 0 Å². The molecule has 0 aromatic heterocycles. The lowest BCUT2D eigenvalue weighted by Gasteiger charge is -2.24. The van der Waals surface area contributed by atoms with Crippen LogP contribution in [-0.4, -0.2) is 35.5 Å². The number of hydrogen-bond donors (Lipinski definition) is 1. The largest absolute Gasteiger partial charge is 0.316 e. The number of benzene rings is 1. The quantitative estimate of drug-likeness (QED) is 0.663. The van der Waals surface area contributed by atoms with Crippen molar-refractivity contribution in [2.75, 3.05) is 19.6 Å². The van der Waals surface area contributed by atoms with Gasteiger partial charge in [0, 0.05) is 31.3 Å². The van der Waals surface area contributed by atoms with Gasteiger partial charge in [-0.2, -0.15) is 0 Å². The lowest BCUT2D eigenvalue weighted by Crippen LogP contribution is -2.32. The van der Waals surface area contributed by atoms with Crippen LogP contribution in [0, 0.1) is 22.0 Å². The molecule has 1 N–H and O–H groups in total. The van der Waals surface area contributed by atoms with Gasteiger partial charge < -0.3 is 5.32 Å². The first-order valence-corrected chi connectivity index (χ1v) is 6.83. The Hall–Kier alpha value is -1.46. The van der Waals surface area contributed by atoms with Crippen molar-refractivity contribution in [3.63, 3.8) is 0 Å². The van der Waals surface area contributed by atoms with Crippen LogP contribution in [0.3, 0.4) is 0 Å². The maximum atomic E-state index is 10.8. The first-order valence-electron chi connectivity index (χ1n) is 6.83. The molecule has 0 spiro atoms. The van der Waals surface area contributed by atoms with E-state index in [1.807, 2.05) is 6.07 Å². The molecule has 2 heterocycles. The lowest BCUT2D eigenvalue weighted by molar-refractivity contribution is -0.384. The minimum atomic E-state index is -0.324. The van der Waals surface area contributed by atoms with Crippen LogP contribution in [0.5, 0.6) is 0 Å². The van der Waals surface area contributed by atoms with Crippen molar-refractivity contribution in [1.29, 1.82) is 0 Å². The summed E-state index contributed by atoms with van der Waals surface area (Å²) in [6.45, 7) is 6.41. The van der Waals surface area contributed by atoms with Crippen molar-refractivity contribution < 1.29 is 4.92 Å². The van der Waals surface area contributed by atoms with Crippen LogP contribution in [0.2, 0.25) is 0 Å². The number of nitro benzene ring substituents is 1. The molecule has 0 aliphatic carbocycles. The van der Waals surface area contributed by atoms with E-state index in [1.165, 1.54) is 0 Å². The maximum absolute atomic E-state index is 10.8. The third kappa shape index (κ3) is 2.35. The van der Waals surface area contributed by atoms with Gasteiger partial charge in [-0.15, -0.1) is 0 Å².